The first-order chi connectivity index (χ1) is 6.19. The molecule has 0 aromatic carbocycles. The van der Waals surface area contributed by atoms with Crippen LogP contribution >= 0.6 is 0 Å². The monoisotopic (exact) mass is 182 g/mol. The Morgan fingerprint density at radius 3 is 2.62 bits per heavy atom. The molecule has 1 aliphatic rings. The Morgan fingerprint density at radius 2 is 2.08 bits per heavy atom. The van der Waals surface area contributed by atoms with E-state index in [1.807, 2.05) is 0 Å². The van der Waals surface area contributed by atoms with Crippen molar-refractivity contribution in [3.05, 3.63) is 0 Å². The Hall–Kier alpha value is -0.530. The highest BCUT2D eigenvalue weighted by Crippen LogP contribution is 2.24. The Balaban J connectivity index is 2.54. The fraction of sp³-hybridized carbons (Fsp3) is 0.909. The predicted molar refractivity (Wildman–Crippen MR) is 57.2 cm³/mol. The zero-order valence-electron chi connectivity index (χ0n) is 9.14. The zero-order valence-corrected chi connectivity index (χ0v) is 9.14. The van der Waals surface area contributed by atoms with Crippen LogP contribution in [0.1, 0.15) is 46.5 Å². The van der Waals surface area contributed by atoms with Gasteiger partial charge >= 0.3 is 0 Å². The normalized spacial score (nSPS) is 29.0. The van der Waals surface area contributed by atoms with Gasteiger partial charge in [0.15, 0.2) is 0 Å². The van der Waals surface area contributed by atoms with Crippen molar-refractivity contribution in [2.75, 3.05) is 6.54 Å². The Bertz CT molecular complexity index is 177. The summed E-state index contributed by atoms with van der Waals surface area (Å²) in [5, 5.41) is 7.85. The van der Waals surface area contributed by atoms with Crippen molar-refractivity contribution in [1.29, 1.82) is 5.41 Å². The molecule has 0 unspecified atom stereocenters. The van der Waals surface area contributed by atoms with Crippen LogP contribution in [0.4, 0.5) is 0 Å². The minimum Gasteiger partial charge on any atom is -0.358 e. The first-order valence-corrected chi connectivity index (χ1v) is 5.53. The number of nitrogens with zero attached hydrogens (tertiary/aromatic N) is 1. The van der Waals surface area contributed by atoms with Crippen LogP contribution in [0.25, 0.3) is 0 Å². The van der Waals surface area contributed by atoms with Crippen molar-refractivity contribution >= 4 is 5.84 Å². The number of likely N-dealkylation sites (tertiary alicyclic amines) is 1. The quantitative estimate of drug-likeness (QED) is 0.516. The lowest BCUT2D eigenvalue weighted by Crippen LogP contribution is -2.44. The average Bonchev–Trinajstić information content (AvgIpc) is 2.17. The molecule has 1 aliphatic heterocycles. The first kappa shape index (κ1) is 10.6. The summed E-state index contributed by atoms with van der Waals surface area (Å²) in [6, 6.07) is 0.593. The van der Waals surface area contributed by atoms with E-state index in [9.17, 15) is 0 Å². The Labute approximate surface area is 81.8 Å². The second-order valence-electron chi connectivity index (χ2n) is 4.15. The maximum Gasteiger partial charge on any atom is 0.0957 e. The molecule has 0 aliphatic carbocycles. The van der Waals surface area contributed by atoms with Crippen molar-refractivity contribution in [1.82, 2.24) is 4.90 Å². The molecule has 1 N–H and O–H groups in total. The average molecular weight is 182 g/mol. The molecule has 0 bridgehead atoms. The van der Waals surface area contributed by atoms with Crippen LogP contribution in [0.5, 0.6) is 0 Å². The lowest BCUT2D eigenvalue weighted by molar-refractivity contribution is 0.189. The van der Waals surface area contributed by atoms with E-state index in [4.69, 9.17) is 5.41 Å². The lowest BCUT2D eigenvalue weighted by Gasteiger charge is -2.39. The molecule has 0 radical (unpaired) electrons. The van der Waals surface area contributed by atoms with Gasteiger partial charge in [-0.25, -0.2) is 0 Å². The van der Waals surface area contributed by atoms with E-state index >= 15 is 0 Å². The van der Waals surface area contributed by atoms with Gasteiger partial charge in [-0.1, -0.05) is 20.3 Å². The molecule has 13 heavy (non-hydrogen) atoms. The summed E-state index contributed by atoms with van der Waals surface area (Å²) in [7, 11) is 0. The Morgan fingerprint density at radius 1 is 1.38 bits per heavy atom. The molecule has 2 nitrogen and oxygen atoms in total. The molecule has 0 saturated carbocycles. The summed E-state index contributed by atoms with van der Waals surface area (Å²) >= 11 is 0. The van der Waals surface area contributed by atoms with E-state index in [1.165, 1.54) is 19.3 Å². The van der Waals surface area contributed by atoms with Crippen LogP contribution in [0.3, 0.4) is 0 Å². The number of amidine groups is 1. The zero-order chi connectivity index (χ0) is 9.84. The van der Waals surface area contributed by atoms with E-state index in [-0.39, 0.29) is 0 Å². The topological polar surface area (TPSA) is 27.1 Å². The molecule has 2 heteroatoms. The van der Waals surface area contributed by atoms with Gasteiger partial charge in [0, 0.05) is 19.0 Å². The standard InChI is InChI=1S/C11H22N2/c1-4-10-7-6-9(3)13(8-10)11(12)5-2/h9-10,12H,4-8H2,1-3H3/t9-,10+/m0/s1. The van der Waals surface area contributed by atoms with Gasteiger partial charge in [0.1, 0.15) is 0 Å². The fourth-order valence-corrected chi connectivity index (χ4v) is 2.09. The van der Waals surface area contributed by atoms with Crippen molar-refractivity contribution < 1.29 is 0 Å². The molecule has 0 spiro atoms. The van der Waals surface area contributed by atoms with E-state index < -0.39 is 0 Å². The summed E-state index contributed by atoms with van der Waals surface area (Å²) in [5.41, 5.74) is 0. The van der Waals surface area contributed by atoms with Gasteiger partial charge in [-0.15, -0.1) is 0 Å². The molecule has 0 aromatic heterocycles. The van der Waals surface area contributed by atoms with E-state index in [2.05, 4.69) is 25.7 Å². The molecule has 2 atom stereocenters. The van der Waals surface area contributed by atoms with Crippen molar-refractivity contribution in [3.63, 3.8) is 0 Å². The fourth-order valence-electron chi connectivity index (χ4n) is 2.09. The molecule has 76 valence electrons. The number of hydrogen-bond donors (Lipinski definition) is 1. The largest absolute Gasteiger partial charge is 0.358 e. The summed E-state index contributed by atoms with van der Waals surface area (Å²) < 4.78 is 0. The first-order valence-electron chi connectivity index (χ1n) is 5.53. The van der Waals surface area contributed by atoms with E-state index in [1.54, 1.807) is 0 Å². The molecule has 1 fully saturated rings. The predicted octanol–water partition coefficient (Wildman–Crippen LogP) is 2.88. The number of rotatable bonds is 2. The van der Waals surface area contributed by atoms with Crippen LogP contribution in [-0.4, -0.2) is 23.3 Å². The van der Waals surface area contributed by atoms with Gasteiger partial charge in [-0.05, 0) is 25.7 Å². The molecular weight excluding hydrogens is 160 g/mol. The highest BCUT2D eigenvalue weighted by atomic mass is 15.2. The third-order valence-electron chi connectivity index (χ3n) is 3.24. The van der Waals surface area contributed by atoms with E-state index in [0.717, 1.165) is 24.7 Å². The van der Waals surface area contributed by atoms with Crippen LogP contribution < -0.4 is 0 Å². The number of hydrogen-bond acceptors (Lipinski definition) is 1. The molecule has 1 rings (SSSR count). The summed E-state index contributed by atoms with van der Waals surface area (Å²) in [6.07, 6.45) is 4.76. The van der Waals surface area contributed by atoms with Gasteiger partial charge in [-0.2, -0.15) is 0 Å². The molecule has 1 saturated heterocycles. The number of nitrogens with one attached hydrogen (secondary N) is 1. The van der Waals surface area contributed by atoms with Crippen molar-refractivity contribution in [3.8, 4) is 0 Å². The summed E-state index contributed by atoms with van der Waals surface area (Å²) in [6.45, 7) is 7.69. The van der Waals surface area contributed by atoms with Gasteiger partial charge < -0.3 is 4.90 Å². The van der Waals surface area contributed by atoms with Gasteiger partial charge in [-0.3, -0.25) is 5.41 Å². The van der Waals surface area contributed by atoms with Crippen LogP contribution in [0, 0.1) is 11.3 Å². The molecule has 0 aromatic rings. The summed E-state index contributed by atoms with van der Waals surface area (Å²) in [5.74, 6) is 1.65. The summed E-state index contributed by atoms with van der Waals surface area (Å²) in [4.78, 5) is 2.29. The highest BCUT2D eigenvalue weighted by molar-refractivity contribution is 5.79. The minimum absolute atomic E-state index is 0.593. The molecular formula is C11H22N2. The minimum atomic E-state index is 0.593. The second kappa shape index (κ2) is 4.64. The lowest BCUT2D eigenvalue weighted by atomic mass is 9.91. The van der Waals surface area contributed by atoms with Crippen LogP contribution in [-0.2, 0) is 0 Å². The SMILES string of the molecule is CCC(=N)N1C[C@H](CC)CC[C@@H]1C. The smallest absolute Gasteiger partial charge is 0.0957 e. The van der Waals surface area contributed by atoms with Gasteiger partial charge in [0.05, 0.1) is 5.84 Å². The maximum atomic E-state index is 7.85. The maximum absolute atomic E-state index is 7.85. The van der Waals surface area contributed by atoms with Crippen molar-refractivity contribution in [2.45, 2.75) is 52.5 Å². The Kier molecular flexibility index (Phi) is 3.76. The van der Waals surface area contributed by atoms with Gasteiger partial charge in [0.25, 0.3) is 0 Å². The third kappa shape index (κ3) is 2.45. The van der Waals surface area contributed by atoms with Crippen LogP contribution in [0.15, 0.2) is 0 Å². The third-order valence-corrected chi connectivity index (χ3v) is 3.24. The highest BCUT2D eigenvalue weighted by Gasteiger charge is 2.25. The number of piperidine rings is 1. The van der Waals surface area contributed by atoms with Gasteiger partial charge in [0.2, 0.25) is 0 Å². The van der Waals surface area contributed by atoms with Crippen molar-refractivity contribution in [2.24, 2.45) is 5.92 Å². The molecule has 0 amide bonds. The van der Waals surface area contributed by atoms with Crippen LogP contribution in [0.2, 0.25) is 0 Å². The van der Waals surface area contributed by atoms with E-state index in [0.29, 0.717) is 6.04 Å². The molecule has 1 heterocycles. The second-order valence-corrected chi connectivity index (χ2v) is 4.15.